The Morgan fingerprint density at radius 3 is 1.45 bits per heavy atom. The van der Waals surface area contributed by atoms with E-state index in [4.69, 9.17) is 0 Å². The Bertz CT molecular complexity index is 1030. The first kappa shape index (κ1) is 21.6. The minimum absolute atomic E-state index is 0.301. The van der Waals surface area contributed by atoms with Gasteiger partial charge in [0.25, 0.3) is 0 Å². The molecule has 33 heavy (non-hydrogen) atoms. The molecular formula is C31H32N2. The van der Waals surface area contributed by atoms with E-state index in [1.54, 1.807) is 0 Å². The lowest BCUT2D eigenvalue weighted by molar-refractivity contribution is 0.170. The van der Waals surface area contributed by atoms with Gasteiger partial charge in [-0.3, -0.25) is 9.80 Å². The molecule has 2 heteroatoms. The van der Waals surface area contributed by atoms with Crippen LogP contribution in [0.1, 0.15) is 35.2 Å². The standard InChI is InChI=1S/C31H32N2/c1-25(32(22-26-14-6-2-7-15-26)23-27-16-8-3-9-17-27)30-24-33(30)31(28-18-10-4-11-19-28)29-20-12-5-13-21-29/h2-21,25,30-31H,22-24H2,1H3/t25-,30-,33?/m0/s1. The number of benzene rings is 4. The van der Waals surface area contributed by atoms with Crippen LogP contribution in [0.15, 0.2) is 121 Å². The van der Waals surface area contributed by atoms with Gasteiger partial charge < -0.3 is 0 Å². The van der Waals surface area contributed by atoms with E-state index in [9.17, 15) is 0 Å². The molecule has 0 aromatic heterocycles. The first-order valence-corrected chi connectivity index (χ1v) is 12.0. The van der Waals surface area contributed by atoms with Gasteiger partial charge in [-0.1, -0.05) is 121 Å². The van der Waals surface area contributed by atoms with E-state index in [0.29, 0.717) is 18.1 Å². The van der Waals surface area contributed by atoms with E-state index in [2.05, 4.69) is 138 Å². The molecule has 1 fully saturated rings. The van der Waals surface area contributed by atoms with Crippen molar-refractivity contribution in [3.8, 4) is 0 Å². The van der Waals surface area contributed by atoms with Gasteiger partial charge in [0.15, 0.2) is 0 Å². The normalized spacial score (nSPS) is 18.4. The lowest BCUT2D eigenvalue weighted by Crippen LogP contribution is -2.38. The molecule has 1 heterocycles. The topological polar surface area (TPSA) is 6.25 Å². The zero-order valence-corrected chi connectivity index (χ0v) is 19.3. The molecule has 1 unspecified atom stereocenters. The Morgan fingerprint density at radius 2 is 1.03 bits per heavy atom. The average molecular weight is 433 g/mol. The maximum Gasteiger partial charge on any atom is 0.0605 e. The van der Waals surface area contributed by atoms with Crippen molar-refractivity contribution in [1.29, 1.82) is 0 Å². The molecule has 0 amide bonds. The molecule has 4 aromatic carbocycles. The first-order chi connectivity index (χ1) is 16.3. The maximum absolute atomic E-state index is 2.66. The average Bonchev–Trinajstić information content (AvgIpc) is 3.66. The van der Waals surface area contributed by atoms with Gasteiger partial charge in [0.05, 0.1) is 6.04 Å². The second-order valence-electron chi connectivity index (χ2n) is 9.10. The zero-order valence-electron chi connectivity index (χ0n) is 19.3. The van der Waals surface area contributed by atoms with Gasteiger partial charge in [-0.05, 0) is 29.2 Å². The molecule has 0 saturated carbocycles. The molecule has 0 aliphatic carbocycles. The van der Waals surface area contributed by atoms with E-state index in [1.165, 1.54) is 22.3 Å². The summed E-state index contributed by atoms with van der Waals surface area (Å²) < 4.78 is 0. The molecule has 0 N–H and O–H groups in total. The van der Waals surface area contributed by atoms with Crippen LogP contribution >= 0.6 is 0 Å². The maximum atomic E-state index is 2.66. The van der Waals surface area contributed by atoms with Crippen LogP contribution in [0.5, 0.6) is 0 Å². The van der Waals surface area contributed by atoms with Crippen molar-refractivity contribution in [3.63, 3.8) is 0 Å². The second kappa shape index (κ2) is 10.2. The highest BCUT2D eigenvalue weighted by molar-refractivity contribution is 5.34. The largest absolute Gasteiger partial charge is 0.291 e. The molecule has 0 spiro atoms. The van der Waals surface area contributed by atoms with E-state index in [0.717, 1.165) is 19.6 Å². The predicted molar refractivity (Wildman–Crippen MR) is 137 cm³/mol. The summed E-state index contributed by atoms with van der Waals surface area (Å²) in [7, 11) is 0. The third kappa shape index (κ3) is 5.24. The summed E-state index contributed by atoms with van der Waals surface area (Å²) >= 11 is 0. The Kier molecular flexibility index (Phi) is 6.66. The van der Waals surface area contributed by atoms with Crippen LogP contribution in [0.3, 0.4) is 0 Å². The fraction of sp³-hybridized carbons (Fsp3) is 0.226. The minimum atomic E-state index is 0.301. The van der Waals surface area contributed by atoms with Crippen molar-refractivity contribution in [2.24, 2.45) is 0 Å². The third-order valence-electron chi connectivity index (χ3n) is 6.84. The van der Waals surface area contributed by atoms with Crippen LogP contribution in [0.4, 0.5) is 0 Å². The van der Waals surface area contributed by atoms with Gasteiger partial charge in [-0.2, -0.15) is 0 Å². The summed E-state index contributed by atoms with van der Waals surface area (Å²) in [5, 5.41) is 0. The van der Waals surface area contributed by atoms with Crippen molar-refractivity contribution in [3.05, 3.63) is 144 Å². The fourth-order valence-corrected chi connectivity index (χ4v) is 4.96. The third-order valence-corrected chi connectivity index (χ3v) is 6.84. The summed E-state index contributed by atoms with van der Waals surface area (Å²) in [6, 6.07) is 44.9. The van der Waals surface area contributed by atoms with Crippen molar-refractivity contribution >= 4 is 0 Å². The Morgan fingerprint density at radius 1 is 0.636 bits per heavy atom. The summed E-state index contributed by atoms with van der Waals surface area (Å²) in [5.74, 6) is 0. The lowest BCUT2D eigenvalue weighted by atomic mass is 9.98. The fourth-order valence-electron chi connectivity index (χ4n) is 4.96. The summed E-state index contributed by atoms with van der Waals surface area (Å²) in [4.78, 5) is 5.31. The molecule has 5 rings (SSSR count). The SMILES string of the molecule is C[C@@H]([C@@H]1CN1C(c1ccccc1)c1ccccc1)N(Cc1ccccc1)Cc1ccccc1. The molecule has 1 aliphatic heterocycles. The molecule has 0 radical (unpaired) electrons. The highest BCUT2D eigenvalue weighted by Crippen LogP contribution is 2.40. The molecular weight excluding hydrogens is 400 g/mol. The Balaban J connectivity index is 1.39. The van der Waals surface area contributed by atoms with Crippen molar-refractivity contribution in [2.75, 3.05) is 6.54 Å². The van der Waals surface area contributed by atoms with Gasteiger partial charge in [-0.15, -0.1) is 0 Å². The van der Waals surface area contributed by atoms with Crippen LogP contribution in [0, 0.1) is 0 Å². The first-order valence-electron chi connectivity index (χ1n) is 12.0. The highest BCUT2D eigenvalue weighted by Gasteiger charge is 2.45. The zero-order chi connectivity index (χ0) is 22.5. The molecule has 1 saturated heterocycles. The van der Waals surface area contributed by atoms with Gasteiger partial charge >= 0.3 is 0 Å². The van der Waals surface area contributed by atoms with Crippen LogP contribution in [0.2, 0.25) is 0 Å². The molecule has 1 aliphatic rings. The molecule has 166 valence electrons. The van der Waals surface area contributed by atoms with Crippen LogP contribution in [0.25, 0.3) is 0 Å². The second-order valence-corrected chi connectivity index (χ2v) is 9.10. The number of nitrogens with zero attached hydrogens (tertiary/aromatic N) is 2. The quantitative estimate of drug-likeness (QED) is 0.277. The number of rotatable bonds is 9. The summed E-state index contributed by atoms with van der Waals surface area (Å²) in [5.41, 5.74) is 5.48. The number of hydrogen-bond donors (Lipinski definition) is 0. The Labute approximate surface area is 198 Å². The monoisotopic (exact) mass is 432 g/mol. The van der Waals surface area contributed by atoms with Gasteiger partial charge in [0, 0.05) is 31.7 Å². The van der Waals surface area contributed by atoms with Gasteiger partial charge in [-0.25, -0.2) is 0 Å². The van der Waals surface area contributed by atoms with Crippen LogP contribution in [-0.4, -0.2) is 28.4 Å². The van der Waals surface area contributed by atoms with Gasteiger partial charge in [0.1, 0.15) is 0 Å². The van der Waals surface area contributed by atoms with Crippen molar-refractivity contribution < 1.29 is 0 Å². The molecule has 3 atom stereocenters. The number of hydrogen-bond acceptors (Lipinski definition) is 2. The highest BCUT2D eigenvalue weighted by atomic mass is 15.4. The van der Waals surface area contributed by atoms with E-state index in [-0.39, 0.29) is 0 Å². The van der Waals surface area contributed by atoms with Crippen LogP contribution < -0.4 is 0 Å². The summed E-state index contributed by atoms with van der Waals surface area (Å²) in [6.07, 6.45) is 0. The predicted octanol–water partition coefficient (Wildman–Crippen LogP) is 6.55. The van der Waals surface area contributed by atoms with Crippen molar-refractivity contribution in [2.45, 2.75) is 38.1 Å². The van der Waals surface area contributed by atoms with Crippen molar-refractivity contribution in [1.82, 2.24) is 9.80 Å². The summed E-state index contributed by atoms with van der Waals surface area (Å²) in [6.45, 7) is 5.45. The smallest absolute Gasteiger partial charge is 0.0605 e. The molecule has 0 bridgehead atoms. The van der Waals surface area contributed by atoms with Gasteiger partial charge in [0.2, 0.25) is 0 Å². The molecule has 4 aromatic rings. The van der Waals surface area contributed by atoms with E-state index in [1.807, 2.05) is 0 Å². The molecule has 2 nitrogen and oxygen atoms in total. The van der Waals surface area contributed by atoms with Crippen LogP contribution in [-0.2, 0) is 13.1 Å². The minimum Gasteiger partial charge on any atom is -0.291 e. The lowest BCUT2D eigenvalue weighted by Gasteiger charge is -2.31. The van der Waals surface area contributed by atoms with E-state index < -0.39 is 0 Å². The Hall–Kier alpha value is -3.20. The van der Waals surface area contributed by atoms with E-state index >= 15 is 0 Å².